The Bertz CT molecular complexity index is 1450. The van der Waals surface area contributed by atoms with E-state index in [1.165, 1.54) is 12.1 Å². The number of hydrogen-bond acceptors (Lipinski definition) is 8. The van der Waals surface area contributed by atoms with Gasteiger partial charge in [-0.15, -0.1) is 5.10 Å². The number of hydrazone groups is 1. The number of aryl methyl sites for hydroxylation is 1. The van der Waals surface area contributed by atoms with Crippen LogP contribution in [0.2, 0.25) is 0 Å². The number of carbonyl (C=O) groups excluding carboxylic acids is 1. The summed E-state index contributed by atoms with van der Waals surface area (Å²) in [5.74, 6) is 0.273. The van der Waals surface area contributed by atoms with Gasteiger partial charge in [-0.25, -0.2) is 8.82 Å². The first-order valence-electron chi connectivity index (χ1n) is 10.9. The van der Waals surface area contributed by atoms with E-state index in [0.29, 0.717) is 28.2 Å². The van der Waals surface area contributed by atoms with Crippen LogP contribution >= 0.6 is 0 Å². The molecule has 4 rings (SSSR count). The number of nitrogens with one attached hydrogen (secondary N) is 1. The predicted molar refractivity (Wildman–Crippen MR) is 128 cm³/mol. The van der Waals surface area contributed by atoms with Crippen LogP contribution in [0.4, 0.5) is 18.9 Å². The minimum Gasteiger partial charge on any atom is -0.497 e. The first-order chi connectivity index (χ1) is 17.5. The fourth-order valence-electron chi connectivity index (χ4n) is 3.77. The van der Waals surface area contributed by atoms with Gasteiger partial charge in [-0.05, 0) is 30.7 Å². The van der Waals surface area contributed by atoms with Crippen LogP contribution in [0.15, 0.2) is 47.7 Å². The van der Waals surface area contributed by atoms with Crippen molar-refractivity contribution in [3.05, 3.63) is 59.4 Å². The predicted octanol–water partition coefficient (Wildman–Crippen LogP) is 2.47. The lowest BCUT2D eigenvalue weighted by Crippen LogP contribution is -2.51. The summed E-state index contributed by atoms with van der Waals surface area (Å²) in [6.07, 6.45) is 1.70. The van der Waals surface area contributed by atoms with Crippen molar-refractivity contribution in [2.45, 2.75) is 19.0 Å². The number of fused-ring (bicyclic) bond motifs is 1. The number of ether oxygens (including phenoxy) is 2. The van der Waals surface area contributed by atoms with Crippen LogP contribution in [-0.4, -0.2) is 67.1 Å². The van der Waals surface area contributed by atoms with Crippen LogP contribution in [0.5, 0.6) is 5.75 Å². The highest BCUT2D eigenvalue weighted by Crippen LogP contribution is 2.29. The highest BCUT2D eigenvalue weighted by atomic mass is 32.2. The summed E-state index contributed by atoms with van der Waals surface area (Å²) in [6.45, 7) is 1.30. The molecule has 0 bridgehead atoms. The molecular formula is C22H23F3N6O5S. The lowest BCUT2D eigenvalue weighted by atomic mass is 10.1. The third-order valence-electron chi connectivity index (χ3n) is 5.63. The Morgan fingerprint density at radius 1 is 1.11 bits per heavy atom. The lowest BCUT2D eigenvalue weighted by Gasteiger charge is -2.32. The number of rotatable bonds is 6. The van der Waals surface area contributed by atoms with E-state index in [0.717, 1.165) is 12.7 Å². The Morgan fingerprint density at radius 2 is 1.81 bits per heavy atom. The quantitative estimate of drug-likeness (QED) is 0.511. The van der Waals surface area contributed by atoms with Crippen LogP contribution < -0.4 is 15.1 Å². The van der Waals surface area contributed by atoms with E-state index in [4.69, 9.17) is 9.47 Å². The van der Waals surface area contributed by atoms with E-state index in [2.05, 4.69) is 15.5 Å². The summed E-state index contributed by atoms with van der Waals surface area (Å²) in [6, 6.07) is 9.48. The number of amidine groups is 1. The molecule has 0 saturated carbocycles. The van der Waals surface area contributed by atoms with E-state index < -0.39 is 28.1 Å². The maximum Gasteiger partial charge on any atom is 0.516 e. The molecule has 0 saturated heterocycles. The molecule has 11 nitrogen and oxygen atoms in total. The minimum atomic E-state index is -5.63. The highest BCUT2D eigenvalue weighted by Gasteiger charge is 2.52. The number of hydrogen-bond donors (Lipinski definition) is 1. The molecule has 15 heteroatoms. The Hall–Kier alpha value is -4.01. The number of alkyl halides is 3. The molecule has 3 aromatic rings. The van der Waals surface area contributed by atoms with E-state index in [1.54, 1.807) is 54.0 Å². The molecule has 0 atom stereocenters. The molecule has 1 aliphatic rings. The standard InChI is InChI=1S/C22H23F3N6O5S/c1-14-19(18-12-17(35-2)8-9-30(18)27-14)20(32)26-13-15-4-6-16(7-5-15)29-10-11-31(21(28-29)36-3)37(33,34)22(23,24)25/h4-9,12H,10-11,13H2,1-3H3,(H,26,32). The van der Waals surface area contributed by atoms with Gasteiger partial charge in [0.25, 0.3) is 5.91 Å². The average Bonchev–Trinajstić information content (AvgIpc) is 3.21. The number of benzene rings is 1. The van der Waals surface area contributed by atoms with Crippen molar-refractivity contribution in [3.63, 3.8) is 0 Å². The largest absolute Gasteiger partial charge is 0.516 e. The maximum absolute atomic E-state index is 13.0. The fourth-order valence-corrected chi connectivity index (χ4v) is 4.66. The molecule has 1 aliphatic heterocycles. The summed E-state index contributed by atoms with van der Waals surface area (Å²) < 4.78 is 74.1. The maximum atomic E-state index is 13.0. The van der Waals surface area contributed by atoms with Crippen molar-refractivity contribution >= 4 is 33.2 Å². The molecule has 2 aromatic heterocycles. The third-order valence-corrected chi connectivity index (χ3v) is 7.14. The monoisotopic (exact) mass is 540 g/mol. The van der Waals surface area contributed by atoms with E-state index in [1.807, 2.05) is 0 Å². The topological polar surface area (TPSA) is 118 Å². The van der Waals surface area contributed by atoms with Gasteiger partial charge in [-0.3, -0.25) is 9.80 Å². The van der Waals surface area contributed by atoms with Crippen LogP contribution in [-0.2, 0) is 21.3 Å². The zero-order valence-corrected chi connectivity index (χ0v) is 20.8. The molecule has 1 aromatic carbocycles. The number of halogens is 3. The Kier molecular flexibility index (Phi) is 6.90. The van der Waals surface area contributed by atoms with Crippen molar-refractivity contribution < 1.29 is 35.9 Å². The summed E-state index contributed by atoms with van der Waals surface area (Å²) in [7, 11) is -3.06. The van der Waals surface area contributed by atoms with Crippen molar-refractivity contribution in [1.29, 1.82) is 0 Å². The normalized spacial score (nSPS) is 14.5. The molecule has 3 heterocycles. The molecule has 198 valence electrons. The molecule has 0 unspecified atom stereocenters. The van der Waals surface area contributed by atoms with Gasteiger partial charge in [0.05, 0.1) is 49.8 Å². The SMILES string of the molecule is COC1=NN(c2ccc(CNC(=O)c3c(C)nn4ccc(OC)cc34)cc2)CCN1S(=O)(=O)C(F)(F)F. The molecule has 0 radical (unpaired) electrons. The van der Waals surface area contributed by atoms with E-state index in [-0.39, 0.29) is 23.3 Å². The Morgan fingerprint density at radius 3 is 2.43 bits per heavy atom. The summed E-state index contributed by atoms with van der Waals surface area (Å²) in [4.78, 5) is 12.9. The number of carbonyl (C=O) groups is 1. The zero-order valence-electron chi connectivity index (χ0n) is 20.0. The molecule has 0 aliphatic carbocycles. The summed E-state index contributed by atoms with van der Waals surface area (Å²) in [5.41, 5.74) is -2.65. The van der Waals surface area contributed by atoms with Gasteiger partial charge in [0.15, 0.2) is 0 Å². The molecule has 1 amide bonds. The number of methoxy groups -OCH3 is 2. The molecule has 1 N–H and O–H groups in total. The van der Waals surface area contributed by atoms with Gasteiger partial charge in [0.1, 0.15) is 5.75 Å². The Labute approximate surface area is 210 Å². The Balaban J connectivity index is 1.46. The number of nitrogens with zero attached hydrogens (tertiary/aromatic N) is 5. The number of aromatic nitrogens is 2. The number of sulfonamides is 1. The van der Waals surface area contributed by atoms with E-state index >= 15 is 0 Å². The summed E-state index contributed by atoms with van der Waals surface area (Å²) in [5, 5.41) is 12.4. The molecule has 0 spiro atoms. The van der Waals surface area contributed by atoms with E-state index in [9.17, 15) is 26.4 Å². The van der Waals surface area contributed by atoms with Gasteiger partial charge in [-0.2, -0.15) is 26.7 Å². The molecule has 0 fully saturated rings. The second kappa shape index (κ2) is 9.80. The average molecular weight is 541 g/mol. The highest BCUT2D eigenvalue weighted by molar-refractivity contribution is 7.90. The first-order valence-corrected chi connectivity index (χ1v) is 12.3. The summed E-state index contributed by atoms with van der Waals surface area (Å²) >= 11 is 0. The van der Waals surface area contributed by atoms with Crippen molar-refractivity contribution in [2.75, 3.05) is 32.3 Å². The van der Waals surface area contributed by atoms with Crippen LogP contribution in [0, 0.1) is 6.92 Å². The van der Waals surface area contributed by atoms with Gasteiger partial charge < -0.3 is 14.8 Å². The minimum absolute atomic E-state index is 0.0887. The van der Waals surface area contributed by atoms with Crippen molar-refractivity contribution in [1.82, 2.24) is 19.2 Å². The zero-order chi connectivity index (χ0) is 27.0. The third kappa shape index (κ3) is 4.98. The lowest BCUT2D eigenvalue weighted by molar-refractivity contribution is -0.0477. The number of amides is 1. The van der Waals surface area contributed by atoms with Crippen molar-refractivity contribution in [3.8, 4) is 5.75 Å². The van der Waals surface area contributed by atoms with Gasteiger partial charge in [-0.1, -0.05) is 12.1 Å². The van der Waals surface area contributed by atoms with Gasteiger partial charge >= 0.3 is 21.6 Å². The molecular weight excluding hydrogens is 517 g/mol. The fraction of sp³-hybridized carbons (Fsp3) is 0.318. The molecule has 37 heavy (non-hydrogen) atoms. The van der Waals surface area contributed by atoms with Gasteiger partial charge in [0, 0.05) is 18.8 Å². The smallest absolute Gasteiger partial charge is 0.497 e. The number of pyridine rings is 1. The van der Waals surface area contributed by atoms with Gasteiger partial charge in [0.2, 0.25) is 0 Å². The van der Waals surface area contributed by atoms with Crippen LogP contribution in [0.25, 0.3) is 5.52 Å². The van der Waals surface area contributed by atoms with Crippen LogP contribution in [0.3, 0.4) is 0 Å². The van der Waals surface area contributed by atoms with Crippen LogP contribution in [0.1, 0.15) is 21.6 Å². The number of anilines is 1. The first kappa shape index (κ1) is 26.1. The second-order valence-corrected chi connectivity index (χ2v) is 9.79. The second-order valence-electron chi connectivity index (χ2n) is 7.94. The van der Waals surface area contributed by atoms with Crippen molar-refractivity contribution in [2.24, 2.45) is 5.10 Å².